The molecule has 3 aromatic heterocycles. The summed E-state index contributed by atoms with van der Waals surface area (Å²) >= 11 is 0. The molecule has 5 rings (SSSR count). The van der Waals surface area contributed by atoms with Gasteiger partial charge in [0.15, 0.2) is 11.5 Å². The summed E-state index contributed by atoms with van der Waals surface area (Å²) in [6.07, 6.45) is 1.46. The highest BCUT2D eigenvalue weighted by molar-refractivity contribution is 5.77. The number of piperazine rings is 1. The molecule has 0 unspecified atom stereocenters. The predicted molar refractivity (Wildman–Crippen MR) is 160 cm³/mol. The van der Waals surface area contributed by atoms with Crippen LogP contribution in [0.1, 0.15) is 39.4 Å². The second kappa shape index (κ2) is 11.6. The molecule has 4 N–H and O–H groups in total. The lowest BCUT2D eigenvalue weighted by Crippen LogP contribution is -2.44. The Bertz CT molecular complexity index is 1630. The van der Waals surface area contributed by atoms with Crippen LogP contribution < -0.4 is 20.5 Å². The largest absolute Gasteiger partial charge is 0.508 e. The SMILES string of the molecule is CC(C)n1c(=O)c2cnc(Nc3ccc(N4CCN(C)CC4)c(OCCO)c3)nc2n1-c1cc(O)cc(C(C)(C)O)n1. The van der Waals surface area contributed by atoms with Crippen LogP contribution >= 0.6 is 0 Å². The van der Waals surface area contributed by atoms with Crippen molar-refractivity contribution in [2.75, 3.05) is 56.7 Å². The number of pyridine rings is 1. The van der Waals surface area contributed by atoms with Gasteiger partial charge in [-0.3, -0.25) is 4.79 Å². The van der Waals surface area contributed by atoms with E-state index in [9.17, 15) is 20.1 Å². The van der Waals surface area contributed by atoms with Gasteiger partial charge in [-0.1, -0.05) is 0 Å². The topological polar surface area (TPSA) is 154 Å². The molecular weight excluding hydrogens is 540 g/mol. The van der Waals surface area contributed by atoms with Crippen LogP contribution in [0.2, 0.25) is 0 Å². The van der Waals surface area contributed by atoms with Gasteiger partial charge in [-0.25, -0.2) is 19.3 Å². The van der Waals surface area contributed by atoms with Crippen LogP contribution in [-0.4, -0.2) is 91.0 Å². The van der Waals surface area contributed by atoms with E-state index in [2.05, 4.69) is 37.1 Å². The van der Waals surface area contributed by atoms with E-state index in [1.54, 1.807) is 13.8 Å². The summed E-state index contributed by atoms with van der Waals surface area (Å²) in [7, 11) is 2.10. The minimum absolute atomic E-state index is 0.106. The summed E-state index contributed by atoms with van der Waals surface area (Å²) in [5, 5.41) is 33.9. The summed E-state index contributed by atoms with van der Waals surface area (Å²) in [6.45, 7) is 10.5. The van der Waals surface area contributed by atoms with Crippen LogP contribution in [0.4, 0.5) is 17.3 Å². The Kier molecular flexibility index (Phi) is 8.08. The van der Waals surface area contributed by atoms with Gasteiger partial charge in [0.25, 0.3) is 5.56 Å². The number of aromatic nitrogens is 5. The third-order valence-corrected chi connectivity index (χ3v) is 7.16. The molecule has 224 valence electrons. The van der Waals surface area contributed by atoms with E-state index in [0.29, 0.717) is 11.4 Å². The zero-order valence-electron chi connectivity index (χ0n) is 24.6. The zero-order chi connectivity index (χ0) is 30.2. The van der Waals surface area contributed by atoms with Crippen LogP contribution in [0.25, 0.3) is 16.9 Å². The fourth-order valence-electron chi connectivity index (χ4n) is 4.97. The van der Waals surface area contributed by atoms with Crippen molar-refractivity contribution < 1.29 is 20.1 Å². The highest BCUT2D eigenvalue weighted by Crippen LogP contribution is 2.33. The minimum atomic E-state index is -1.33. The fraction of sp³-hybridized carbons (Fsp3) is 0.448. The molecule has 0 atom stereocenters. The summed E-state index contributed by atoms with van der Waals surface area (Å²) in [5.74, 6) is 0.991. The molecule has 4 aromatic rings. The van der Waals surface area contributed by atoms with Gasteiger partial charge in [0.05, 0.1) is 18.0 Å². The number of hydrogen-bond acceptors (Lipinski definition) is 11. The van der Waals surface area contributed by atoms with Gasteiger partial charge in [-0.2, -0.15) is 4.98 Å². The molecule has 0 radical (unpaired) electrons. The lowest BCUT2D eigenvalue weighted by Gasteiger charge is -2.35. The van der Waals surface area contributed by atoms with E-state index in [0.717, 1.165) is 31.9 Å². The lowest BCUT2D eigenvalue weighted by atomic mass is 10.0. The molecule has 0 saturated carbocycles. The van der Waals surface area contributed by atoms with Crippen molar-refractivity contribution in [1.29, 1.82) is 0 Å². The van der Waals surface area contributed by atoms with Crippen molar-refractivity contribution in [1.82, 2.24) is 29.2 Å². The molecule has 4 heterocycles. The number of ether oxygens (including phenoxy) is 1. The molecule has 13 heteroatoms. The number of hydrogen-bond donors (Lipinski definition) is 4. The number of aliphatic hydroxyl groups excluding tert-OH is 1. The van der Waals surface area contributed by atoms with E-state index >= 15 is 0 Å². The number of aromatic hydroxyl groups is 1. The number of likely N-dealkylation sites (N-methyl/N-ethyl adjacent to an activating group) is 1. The van der Waals surface area contributed by atoms with E-state index in [4.69, 9.17) is 4.74 Å². The van der Waals surface area contributed by atoms with E-state index in [1.165, 1.54) is 27.7 Å². The Labute approximate surface area is 243 Å². The highest BCUT2D eigenvalue weighted by Gasteiger charge is 2.25. The maximum Gasteiger partial charge on any atom is 0.278 e. The molecule has 0 spiro atoms. The monoisotopic (exact) mass is 578 g/mol. The van der Waals surface area contributed by atoms with Gasteiger partial charge in [-0.05, 0) is 46.9 Å². The number of aliphatic hydroxyl groups is 2. The van der Waals surface area contributed by atoms with Crippen molar-refractivity contribution in [2.45, 2.75) is 39.3 Å². The molecule has 1 fully saturated rings. The average Bonchev–Trinajstić information content (AvgIpc) is 3.23. The van der Waals surface area contributed by atoms with Crippen LogP contribution in [0, 0.1) is 0 Å². The third kappa shape index (κ3) is 5.89. The Morgan fingerprint density at radius 3 is 2.50 bits per heavy atom. The molecule has 1 aliphatic heterocycles. The maximum atomic E-state index is 13.4. The first-order valence-corrected chi connectivity index (χ1v) is 14.0. The first-order valence-electron chi connectivity index (χ1n) is 14.0. The van der Waals surface area contributed by atoms with Crippen molar-refractivity contribution in [3.8, 4) is 17.3 Å². The van der Waals surface area contributed by atoms with E-state index in [1.807, 2.05) is 32.0 Å². The van der Waals surface area contributed by atoms with Gasteiger partial charge < -0.3 is 35.2 Å². The van der Waals surface area contributed by atoms with E-state index in [-0.39, 0.29) is 59.1 Å². The van der Waals surface area contributed by atoms with Crippen LogP contribution in [0.15, 0.2) is 41.3 Å². The minimum Gasteiger partial charge on any atom is -0.508 e. The van der Waals surface area contributed by atoms with Crippen molar-refractivity contribution in [3.63, 3.8) is 0 Å². The Balaban J connectivity index is 1.56. The van der Waals surface area contributed by atoms with Crippen molar-refractivity contribution in [2.24, 2.45) is 0 Å². The number of nitrogens with one attached hydrogen (secondary N) is 1. The Morgan fingerprint density at radius 1 is 1.10 bits per heavy atom. The van der Waals surface area contributed by atoms with Crippen molar-refractivity contribution in [3.05, 3.63) is 52.6 Å². The van der Waals surface area contributed by atoms with E-state index < -0.39 is 5.60 Å². The van der Waals surface area contributed by atoms with Gasteiger partial charge in [0, 0.05) is 62.3 Å². The molecular formula is C29H38N8O5. The van der Waals surface area contributed by atoms with Crippen molar-refractivity contribution >= 4 is 28.4 Å². The molecule has 1 aliphatic rings. The summed E-state index contributed by atoms with van der Waals surface area (Å²) in [6, 6.07) is 8.26. The lowest BCUT2D eigenvalue weighted by molar-refractivity contribution is 0.0734. The quantitative estimate of drug-likeness (QED) is 0.231. The number of nitrogens with zero attached hydrogens (tertiary/aromatic N) is 7. The number of rotatable bonds is 9. The van der Waals surface area contributed by atoms with Crippen LogP contribution in [0.5, 0.6) is 11.5 Å². The van der Waals surface area contributed by atoms with Gasteiger partial charge in [0.1, 0.15) is 29.1 Å². The first-order chi connectivity index (χ1) is 20.0. The first kappa shape index (κ1) is 29.3. The number of anilines is 3. The fourth-order valence-corrected chi connectivity index (χ4v) is 4.97. The second-order valence-corrected chi connectivity index (χ2v) is 11.3. The molecule has 42 heavy (non-hydrogen) atoms. The molecule has 1 saturated heterocycles. The summed E-state index contributed by atoms with van der Waals surface area (Å²) < 4.78 is 8.93. The molecule has 0 amide bonds. The summed E-state index contributed by atoms with van der Waals surface area (Å²) in [4.78, 5) is 31.6. The second-order valence-electron chi connectivity index (χ2n) is 11.3. The Morgan fingerprint density at radius 2 is 1.83 bits per heavy atom. The van der Waals surface area contributed by atoms with Gasteiger partial charge in [0.2, 0.25) is 5.95 Å². The zero-order valence-corrected chi connectivity index (χ0v) is 24.6. The maximum absolute atomic E-state index is 13.4. The standard InChI is InChI=1S/C29H38N8O5/c1-18(2)36-27(40)21-17-30-28(33-26(21)37(36)25-16-20(39)15-24(32-25)29(3,4)41)31-19-6-7-22(23(14-19)42-13-12-38)35-10-8-34(5)9-11-35/h6-7,14-18,38,41H,8-13H2,1-5H3,(H,32,39)(H,30,31,33). The third-order valence-electron chi connectivity index (χ3n) is 7.16. The summed E-state index contributed by atoms with van der Waals surface area (Å²) in [5.41, 5.74) is 0.503. The normalized spacial score (nSPS) is 14.6. The smallest absolute Gasteiger partial charge is 0.278 e. The molecule has 0 aliphatic carbocycles. The van der Waals surface area contributed by atoms with Crippen LogP contribution in [0.3, 0.4) is 0 Å². The average molecular weight is 579 g/mol. The van der Waals surface area contributed by atoms with Gasteiger partial charge >= 0.3 is 0 Å². The van der Waals surface area contributed by atoms with Crippen LogP contribution in [-0.2, 0) is 5.60 Å². The Hall–Kier alpha value is -4.20. The van der Waals surface area contributed by atoms with Gasteiger partial charge in [-0.15, -0.1) is 0 Å². The predicted octanol–water partition coefficient (Wildman–Crippen LogP) is 2.36. The molecule has 1 aromatic carbocycles. The molecule has 13 nitrogen and oxygen atoms in total. The highest BCUT2D eigenvalue weighted by atomic mass is 16.5. The number of fused-ring (bicyclic) bond motifs is 1. The molecule has 0 bridgehead atoms. The number of benzene rings is 1.